The number of rotatable bonds is 4. The first kappa shape index (κ1) is 13.0. The predicted octanol–water partition coefficient (Wildman–Crippen LogP) is 2.05. The lowest BCUT2D eigenvalue weighted by atomic mass is 9.91. The molecular formula is C13H14N4O2S. The van der Waals surface area contributed by atoms with Crippen LogP contribution < -0.4 is 5.32 Å². The number of carbonyl (C=O) groups is 1. The van der Waals surface area contributed by atoms with Crippen molar-refractivity contribution in [3.8, 4) is 0 Å². The van der Waals surface area contributed by atoms with Crippen LogP contribution in [-0.2, 0) is 17.8 Å². The molecule has 0 aromatic carbocycles. The van der Waals surface area contributed by atoms with Crippen LogP contribution in [0.15, 0.2) is 18.3 Å². The topological polar surface area (TPSA) is 88.0 Å². The Morgan fingerprint density at radius 2 is 2.45 bits per heavy atom. The van der Waals surface area contributed by atoms with Crippen LogP contribution in [0.4, 0.5) is 5.13 Å². The lowest BCUT2D eigenvalue weighted by Crippen LogP contribution is -2.17. The number of carboxylic acid groups (broad SMARTS) is 1. The van der Waals surface area contributed by atoms with Crippen LogP contribution in [0.3, 0.4) is 0 Å². The molecular weight excluding hydrogens is 276 g/mol. The molecule has 0 radical (unpaired) electrons. The van der Waals surface area contributed by atoms with E-state index in [4.69, 9.17) is 0 Å². The monoisotopic (exact) mass is 290 g/mol. The highest BCUT2D eigenvalue weighted by Gasteiger charge is 2.29. The Hall–Kier alpha value is -2.02. The van der Waals surface area contributed by atoms with E-state index in [0.717, 1.165) is 34.2 Å². The summed E-state index contributed by atoms with van der Waals surface area (Å²) in [4.78, 5) is 16.8. The lowest BCUT2D eigenvalue weighted by molar-refractivity contribution is -0.139. The van der Waals surface area contributed by atoms with E-state index >= 15 is 0 Å². The van der Waals surface area contributed by atoms with Crippen LogP contribution in [0.2, 0.25) is 0 Å². The van der Waals surface area contributed by atoms with Crippen LogP contribution in [0.1, 0.15) is 35.0 Å². The van der Waals surface area contributed by atoms with Crippen molar-refractivity contribution in [1.29, 1.82) is 0 Å². The first-order chi connectivity index (χ1) is 9.74. The molecule has 2 N–H and O–H groups in total. The molecule has 0 aliphatic heterocycles. The summed E-state index contributed by atoms with van der Waals surface area (Å²) in [5, 5.41) is 21.0. The second-order valence-corrected chi connectivity index (χ2v) is 5.76. The number of fused-ring (bicyclic) bond motifs is 1. The molecule has 2 aromatic rings. The van der Waals surface area contributed by atoms with Gasteiger partial charge in [0.25, 0.3) is 0 Å². The Kier molecular flexibility index (Phi) is 3.60. The van der Waals surface area contributed by atoms with E-state index in [1.807, 2.05) is 12.1 Å². The first-order valence-electron chi connectivity index (χ1n) is 6.47. The second kappa shape index (κ2) is 5.54. The van der Waals surface area contributed by atoms with Crippen molar-refractivity contribution in [2.75, 3.05) is 5.32 Å². The number of nitrogens with one attached hydrogen (secondary N) is 1. The third kappa shape index (κ3) is 2.62. The van der Waals surface area contributed by atoms with E-state index < -0.39 is 11.9 Å². The number of hydrogen-bond donors (Lipinski definition) is 2. The highest BCUT2D eigenvalue weighted by atomic mass is 32.1. The van der Waals surface area contributed by atoms with Gasteiger partial charge in [-0.3, -0.25) is 4.79 Å². The third-order valence-electron chi connectivity index (χ3n) is 3.30. The van der Waals surface area contributed by atoms with Gasteiger partial charge in [0.1, 0.15) is 5.92 Å². The molecule has 0 amide bonds. The quantitative estimate of drug-likeness (QED) is 0.896. The maximum absolute atomic E-state index is 11.2. The summed E-state index contributed by atoms with van der Waals surface area (Å²) in [6.45, 7) is 0.540. The molecule has 0 bridgehead atoms. The maximum atomic E-state index is 11.2. The van der Waals surface area contributed by atoms with E-state index in [2.05, 4.69) is 20.5 Å². The molecule has 6 nitrogen and oxygen atoms in total. The van der Waals surface area contributed by atoms with Crippen LogP contribution in [-0.4, -0.2) is 26.3 Å². The molecule has 0 fully saturated rings. The van der Waals surface area contributed by atoms with E-state index in [0.29, 0.717) is 13.0 Å². The van der Waals surface area contributed by atoms with E-state index in [9.17, 15) is 9.90 Å². The molecule has 0 saturated heterocycles. The normalized spacial score (nSPS) is 17.5. The second-order valence-electron chi connectivity index (χ2n) is 4.68. The first-order valence-corrected chi connectivity index (χ1v) is 7.28. The van der Waals surface area contributed by atoms with Gasteiger partial charge in [-0.25, -0.2) is 4.98 Å². The summed E-state index contributed by atoms with van der Waals surface area (Å²) < 4.78 is 0. The number of aliphatic carboxylic acids is 1. The van der Waals surface area contributed by atoms with Crippen LogP contribution in [0.5, 0.6) is 0 Å². The molecule has 104 valence electrons. The molecule has 7 heteroatoms. The molecule has 0 spiro atoms. The SMILES string of the molecule is O=C(O)C1CCCc2sc(NCc3cccnn3)nc21. The van der Waals surface area contributed by atoms with Gasteiger partial charge in [-0.15, -0.1) is 11.3 Å². The molecule has 20 heavy (non-hydrogen) atoms. The number of aryl methyl sites for hydroxylation is 1. The molecule has 1 unspecified atom stereocenters. The molecule has 1 atom stereocenters. The highest BCUT2D eigenvalue weighted by molar-refractivity contribution is 7.15. The van der Waals surface area contributed by atoms with Gasteiger partial charge in [0.2, 0.25) is 0 Å². The largest absolute Gasteiger partial charge is 0.481 e. The fourth-order valence-electron chi connectivity index (χ4n) is 2.33. The standard InChI is InChI=1S/C13H14N4O2S/c18-12(19)9-4-1-5-10-11(9)16-13(20-10)14-7-8-3-2-6-15-17-8/h2-3,6,9H,1,4-5,7H2,(H,14,16)(H,18,19). The number of nitrogens with zero attached hydrogens (tertiary/aromatic N) is 3. The Morgan fingerprint density at radius 3 is 3.20 bits per heavy atom. The van der Waals surface area contributed by atoms with Gasteiger partial charge in [-0.2, -0.15) is 10.2 Å². The predicted molar refractivity (Wildman–Crippen MR) is 74.8 cm³/mol. The Morgan fingerprint density at radius 1 is 1.55 bits per heavy atom. The average Bonchev–Trinajstić information content (AvgIpc) is 2.88. The van der Waals surface area contributed by atoms with Gasteiger partial charge < -0.3 is 10.4 Å². The Balaban J connectivity index is 1.74. The summed E-state index contributed by atoms with van der Waals surface area (Å²) in [6.07, 6.45) is 4.14. The molecule has 1 aliphatic rings. The molecule has 2 aromatic heterocycles. The summed E-state index contributed by atoms with van der Waals surface area (Å²) in [6, 6.07) is 3.71. The van der Waals surface area contributed by atoms with Crippen molar-refractivity contribution in [3.63, 3.8) is 0 Å². The van der Waals surface area contributed by atoms with Gasteiger partial charge in [0.15, 0.2) is 5.13 Å². The minimum absolute atomic E-state index is 0.456. The van der Waals surface area contributed by atoms with Crippen molar-refractivity contribution in [2.24, 2.45) is 0 Å². The van der Waals surface area contributed by atoms with Crippen LogP contribution in [0, 0.1) is 0 Å². The molecule has 2 heterocycles. The zero-order valence-corrected chi connectivity index (χ0v) is 11.6. The summed E-state index contributed by atoms with van der Waals surface area (Å²) in [7, 11) is 0. The number of aromatic nitrogens is 3. The van der Waals surface area contributed by atoms with Gasteiger partial charge in [0.05, 0.1) is 17.9 Å². The van der Waals surface area contributed by atoms with Crippen molar-refractivity contribution in [1.82, 2.24) is 15.2 Å². The van der Waals surface area contributed by atoms with Crippen molar-refractivity contribution < 1.29 is 9.90 Å². The van der Waals surface area contributed by atoms with Crippen molar-refractivity contribution in [3.05, 3.63) is 34.6 Å². The highest BCUT2D eigenvalue weighted by Crippen LogP contribution is 2.36. The Bertz CT molecular complexity index is 614. The summed E-state index contributed by atoms with van der Waals surface area (Å²) in [5.41, 5.74) is 1.56. The van der Waals surface area contributed by atoms with E-state index in [1.165, 1.54) is 0 Å². The van der Waals surface area contributed by atoms with Gasteiger partial charge >= 0.3 is 5.97 Å². The minimum atomic E-state index is -0.781. The van der Waals surface area contributed by atoms with Crippen molar-refractivity contribution >= 4 is 22.4 Å². The fraction of sp³-hybridized carbons (Fsp3) is 0.385. The van der Waals surface area contributed by atoms with Crippen LogP contribution in [0.25, 0.3) is 0 Å². The zero-order valence-electron chi connectivity index (χ0n) is 10.7. The Labute approximate surface area is 119 Å². The summed E-state index contributed by atoms with van der Waals surface area (Å²) in [5.74, 6) is -1.24. The maximum Gasteiger partial charge on any atom is 0.312 e. The number of hydrogen-bond acceptors (Lipinski definition) is 6. The number of anilines is 1. The number of carboxylic acids is 1. The third-order valence-corrected chi connectivity index (χ3v) is 4.39. The van der Waals surface area contributed by atoms with Crippen molar-refractivity contribution in [2.45, 2.75) is 31.7 Å². The van der Waals surface area contributed by atoms with E-state index in [-0.39, 0.29) is 0 Å². The lowest BCUT2D eigenvalue weighted by Gasteiger charge is -2.16. The smallest absolute Gasteiger partial charge is 0.312 e. The average molecular weight is 290 g/mol. The van der Waals surface area contributed by atoms with Crippen LogP contribution >= 0.6 is 11.3 Å². The van der Waals surface area contributed by atoms with Gasteiger partial charge in [-0.05, 0) is 31.4 Å². The van der Waals surface area contributed by atoms with Gasteiger partial charge in [0, 0.05) is 11.1 Å². The molecule has 1 aliphatic carbocycles. The minimum Gasteiger partial charge on any atom is -0.481 e. The number of thiazole rings is 1. The van der Waals surface area contributed by atoms with E-state index in [1.54, 1.807) is 17.5 Å². The fourth-order valence-corrected chi connectivity index (χ4v) is 3.39. The zero-order chi connectivity index (χ0) is 13.9. The summed E-state index contributed by atoms with van der Waals surface area (Å²) >= 11 is 1.54. The molecule has 0 saturated carbocycles. The van der Waals surface area contributed by atoms with Gasteiger partial charge in [-0.1, -0.05) is 0 Å². The molecule has 3 rings (SSSR count).